The molecule has 1 amide bonds. The summed E-state index contributed by atoms with van der Waals surface area (Å²) in [6.07, 6.45) is 0.171. The first-order valence-electron chi connectivity index (χ1n) is 5.91. The zero-order valence-corrected chi connectivity index (χ0v) is 10.6. The maximum atomic E-state index is 10.9. The first-order valence-corrected chi connectivity index (χ1v) is 5.91. The zero-order chi connectivity index (χ0) is 13.1. The Morgan fingerprint density at radius 1 is 1.39 bits per heavy atom. The SMILES string of the molecule is CCOc1ccc2nc(CC(N)=O)cc(C)c2c1. The van der Waals surface area contributed by atoms with Gasteiger partial charge < -0.3 is 10.5 Å². The standard InChI is InChI=1S/C14H16N2O2/c1-3-18-11-4-5-13-12(8-11)9(2)6-10(16-13)7-14(15)17/h4-6,8H,3,7H2,1-2H3,(H2,15,17). The second-order valence-corrected chi connectivity index (χ2v) is 4.19. The lowest BCUT2D eigenvalue weighted by Gasteiger charge is -2.08. The lowest BCUT2D eigenvalue weighted by molar-refractivity contribution is -0.117. The molecule has 94 valence electrons. The predicted molar refractivity (Wildman–Crippen MR) is 70.5 cm³/mol. The molecule has 0 aliphatic carbocycles. The van der Waals surface area contributed by atoms with Crippen LogP contribution in [0.2, 0.25) is 0 Å². The molecule has 18 heavy (non-hydrogen) atoms. The molecule has 0 spiro atoms. The molecule has 1 heterocycles. The lowest BCUT2D eigenvalue weighted by atomic mass is 10.1. The lowest BCUT2D eigenvalue weighted by Crippen LogP contribution is -2.14. The molecule has 0 fully saturated rings. The highest BCUT2D eigenvalue weighted by Gasteiger charge is 2.06. The van der Waals surface area contributed by atoms with Gasteiger partial charge in [0.2, 0.25) is 5.91 Å². The van der Waals surface area contributed by atoms with E-state index in [1.54, 1.807) is 0 Å². The highest BCUT2D eigenvalue weighted by molar-refractivity contribution is 5.84. The molecule has 0 saturated heterocycles. The van der Waals surface area contributed by atoms with E-state index in [1.165, 1.54) is 0 Å². The van der Waals surface area contributed by atoms with E-state index in [0.29, 0.717) is 12.3 Å². The number of nitrogens with two attached hydrogens (primary N) is 1. The third-order valence-corrected chi connectivity index (χ3v) is 2.71. The summed E-state index contributed by atoms with van der Waals surface area (Å²) in [5, 5.41) is 1.04. The van der Waals surface area contributed by atoms with E-state index in [4.69, 9.17) is 10.5 Å². The summed E-state index contributed by atoms with van der Waals surface area (Å²) in [6.45, 7) is 4.58. The molecule has 0 radical (unpaired) electrons. The van der Waals surface area contributed by atoms with Crippen LogP contribution in [-0.2, 0) is 11.2 Å². The third kappa shape index (κ3) is 2.59. The van der Waals surface area contributed by atoms with Crippen LogP contribution >= 0.6 is 0 Å². The summed E-state index contributed by atoms with van der Waals surface area (Å²) >= 11 is 0. The molecular formula is C14H16N2O2. The van der Waals surface area contributed by atoms with E-state index in [2.05, 4.69) is 4.98 Å². The number of amides is 1. The van der Waals surface area contributed by atoms with Crippen molar-refractivity contribution in [3.8, 4) is 5.75 Å². The zero-order valence-electron chi connectivity index (χ0n) is 10.6. The highest BCUT2D eigenvalue weighted by atomic mass is 16.5. The largest absolute Gasteiger partial charge is 0.494 e. The summed E-state index contributed by atoms with van der Waals surface area (Å²) in [7, 11) is 0. The van der Waals surface area contributed by atoms with Crippen molar-refractivity contribution >= 4 is 16.8 Å². The molecule has 1 aromatic heterocycles. The molecule has 2 N–H and O–H groups in total. The van der Waals surface area contributed by atoms with Crippen molar-refractivity contribution in [1.29, 1.82) is 0 Å². The van der Waals surface area contributed by atoms with Crippen LogP contribution in [0.5, 0.6) is 5.75 Å². The minimum absolute atomic E-state index is 0.171. The number of benzene rings is 1. The molecule has 0 atom stereocenters. The molecule has 0 saturated carbocycles. The van der Waals surface area contributed by atoms with Gasteiger partial charge in [0.05, 0.1) is 24.2 Å². The molecular weight excluding hydrogens is 228 g/mol. The van der Waals surface area contributed by atoms with E-state index < -0.39 is 0 Å². The van der Waals surface area contributed by atoms with Gasteiger partial charge in [0.15, 0.2) is 0 Å². The van der Waals surface area contributed by atoms with E-state index in [1.807, 2.05) is 38.1 Å². The molecule has 2 aromatic rings. The Balaban J connectivity index is 2.48. The van der Waals surface area contributed by atoms with E-state index >= 15 is 0 Å². The van der Waals surface area contributed by atoms with Crippen LogP contribution in [0.25, 0.3) is 10.9 Å². The Kier molecular flexibility index (Phi) is 3.46. The van der Waals surface area contributed by atoms with Crippen LogP contribution in [0, 0.1) is 6.92 Å². The van der Waals surface area contributed by atoms with Crippen molar-refractivity contribution in [3.63, 3.8) is 0 Å². The van der Waals surface area contributed by atoms with E-state index in [9.17, 15) is 4.79 Å². The fraction of sp³-hybridized carbons (Fsp3) is 0.286. The number of hydrogen-bond acceptors (Lipinski definition) is 3. The van der Waals surface area contributed by atoms with Gasteiger partial charge in [-0.2, -0.15) is 0 Å². The van der Waals surface area contributed by atoms with Gasteiger partial charge in [-0.05, 0) is 43.7 Å². The minimum Gasteiger partial charge on any atom is -0.494 e. The quantitative estimate of drug-likeness (QED) is 0.894. The number of ether oxygens (including phenoxy) is 1. The number of nitrogens with zero attached hydrogens (tertiary/aromatic N) is 1. The smallest absolute Gasteiger partial charge is 0.223 e. The number of primary amides is 1. The number of carbonyl (C=O) groups excluding carboxylic acids is 1. The summed E-state index contributed by atoms with van der Waals surface area (Å²) in [5.41, 5.74) is 7.81. The Morgan fingerprint density at radius 3 is 2.83 bits per heavy atom. The second kappa shape index (κ2) is 5.04. The van der Waals surface area contributed by atoms with Gasteiger partial charge in [-0.25, -0.2) is 0 Å². The summed E-state index contributed by atoms with van der Waals surface area (Å²) in [6, 6.07) is 7.64. The van der Waals surface area contributed by atoms with Crippen LogP contribution in [0.1, 0.15) is 18.2 Å². The number of aromatic nitrogens is 1. The number of aryl methyl sites for hydroxylation is 1. The predicted octanol–water partition coefficient (Wildman–Crippen LogP) is 1.97. The maximum Gasteiger partial charge on any atom is 0.223 e. The normalized spacial score (nSPS) is 10.6. The summed E-state index contributed by atoms with van der Waals surface area (Å²) in [4.78, 5) is 15.3. The van der Waals surface area contributed by atoms with Gasteiger partial charge in [-0.15, -0.1) is 0 Å². The number of fused-ring (bicyclic) bond motifs is 1. The van der Waals surface area contributed by atoms with Crippen LogP contribution in [0.4, 0.5) is 0 Å². The van der Waals surface area contributed by atoms with E-state index in [-0.39, 0.29) is 12.3 Å². The Hall–Kier alpha value is -2.10. The summed E-state index contributed by atoms with van der Waals surface area (Å²) in [5.74, 6) is 0.463. The monoisotopic (exact) mass is 244 g/mol. The molecule has 0 unspecified atom stereocenters. The summed E-state index contributed by atoms with van der Waals surface area (Å²) < 4.78 is 5.46. The molecule has 4 nitrogen and oxygen atoms in total. The maximum absolute atomic E-state index is 10.9. The van der Waals surface area contributed by atoms with Gasteiger partial charge in [-0.3, -0.25) is 9.78 Å². The van der Waals surface area contributed by atoms with Gasteiger partial charge >= 0.3 is 0 Å². The number of carbonyl (C=O) groups is 1. The van der Waals surface area contributed by atoms with E-state index in [0.717, 1.165) is 22.2 Å². The van der Waals surface area contributed by atoms with Crippen molar-refractivity contribution in [2.75, 3.05) is 6.61 Å². The van der Waals surface area contributed by atoms with Crippen molar-refractivity contribution in [1.82, 2.24) is 4.98 Å². The van der Waals surface area contributed by atoms with Crippen molar-refractivity contribution < 1.29 is 9.53 Å². The van der Waals surface area contributed by atoms with Crippen molar-refractivity contribution in [2.24, 2.45) is 5.73 Å². The fourth-order valence-corrected chi connectivity index (χ4v) is 1.97. The Bertz CT molecular complexity index is 594. The van der Waals surface area contributed by atoms with Gasteiger partial charge in [-0.1, -0.05) is 0 Å². The Morgan fingerprint density at radius 2 is 2.17 bits per heavy atom. The molecule has 2 rings (SSSR count). The molecule has 0 aliphatic heterocycles. The van der Waals surface area contributed by atoms with Crippen LogP contribution in [0.15, 0.2) is 24.3 Å². The third-order valence-electron chi connectivity index (χ3n) is 2.71. The fourth-order valence-electron chi connectivity index (χ4n) is 1.97. The average molecular weight is 244 g/mol. The first kappa shape index (κ1) is 12.4. The average Bonchev–Trinajstić information content (AvgIpc) is 2.29. The van der Waals surface area contributed by atoms with Crippen molar-refractivity contribution in [2.45, 2.75) is 20.3 Å². The number of hydrogen-bond donors (Lipinski definition) is 1. The van der Waals surface area contributed by atoms with Crippen LogP contribution < -0.4 is 10.5 Å². The topological polar surface area (TPSA) is 65.2 Å². The number of rotatable bonds is 4. The molecule has 1 aromatic carbocycles. The molecule has 0 aliphatic rings. The minimum atomic E-state index is -0.368. The van der Waals surface area contributed by atoms with Crippen molar-refractivity contribution in [3.05, 3.63) is 35.5 Å². The molecule has 4 heteroatoms. The van der Waals surface area contributed by atoms with Crippen LogP contribution in [0.3, 0.4) is 0 Å². The van der Waals surface area contributed by atoms with Gasteiger partial charge in [0, 0.05) is 5.39 Å². The van der Waals surface area contributed by atoms with Gasteiger partial charge in [0.1, 0.15) is 5.75 Å². The van der Waals surface area contributed by atoms with Gasteiger partial charge in [0.25, 0.3) is 0 Å². The number of pyridine rings is 1. The first-order chi connectivity index (χ1) is 8.60. The molecule has 0 bridgehead atoms. The Labute approximate surface area is 106 Å². The highest BCUT2D eigenvalue weighted by Crippen LogP contribution is 2.23. The van der Waals surface area contributed by atoms with Crippen LogP contribution in [-0.4, -0.2) is 17.5 Å². The second-order valence-electron chi connectivity index (χ2n) is 4.19.